The van der Waals surface area contributed by atoms with Crippen molar-refractivity contribution in [3.05, 3.63) is 0 Å². The van der Waals surface area contributed by atoms with E-state index in [4.69, 9.17) is 0 Å². The summed E-state index contributed by atoms with van der Waals surface area (Å²) in [6.07, 6.45) is -0.190. The molecule has 0 aromatic carbocycles. The average Bonchev–Trinajstić information content (AvgIpc) is 2.56. The Morgan fingerprint density at radius 1 is 0.957 bits per heavy atom. The van der Waals surface area contributed by atoms with Crippen LogP contribution in [0.4, 0.5) is 0 Å². The fourth-order valence-corrected chi connectivity index (χ4v) is 2.13. The molecule has 23 heavy (non-hydrogen) atoms. The molecule has 130 valence electrons. The Kier molecular flexibility index (Phi) is 10.4. The Balaban J connectivity index is 4.39. The highest BCUT2D eigenvalue weighted by atomic mass is 32.2. The van der Waals surface area contributed by atoms with Crippen LogP contribution in [0.2, 0.25) is 0 Å². The number of rotatable bonds is 8. The molecule has 0 spiro atoms. The van der Waals surface area contributed by atoms with Crippen LogP contribution in [0.15, 0.2) is 0 Å². The van der Waals surface area contributed by atoms with Gasteiger partial charge in [0.25, 0.3) is 5.12 Å². The molecule has 0 aromatic rings. The molecule has 0 heterocycles. The molecule has 0 rings (SSSR count). The smallest absolute Gasteiger partial charge is 0.385 e. The Labute approximate surface area is 137 Å². The van der Waals surface area contributed by atoms with E-state index >= 15 is 0 Å². The minimum absolute atomic E-state index is 0.0735. The lowest BCUT2D eigenvalue weighted by atomic mass is 10.2. The summed E-state index contributed by atoms with van der Waals surface area (Å²) >= 11 is 0.668. The molecule has 0 aliphatic rings. The van der Waals surface area contributed by atoms with Crippen molar-refractivity contribution in [2.24, 2.45) is 0 Å². The summed E-state index contributed by atoms with van der Waals surface area (Å²) < 4.78 is 13.2. The van der Waals surface area contributed by atoms with Crippen molar-refractivity contribution in [1.29, 1.82) is 0 Å². The molecule has 0 aliphatic carbocycles. The molecule has 0 bridgehead atoms. The molecule has 0 aliphatic heterocycles. The molecule has 0 saturated heterocycles. The highest BCUT2D eigenvalue weighted by Crippen LogP contribution is 2.09. The summed E-state index contributed by atoms with van der Waals surface area (Å²) in [7, 11) is 3.44. The van der Waals surface area contributed by atoms with E-state index in [0.29, 0.717) is 11.8 Å². The summed E-state index contributed by atoms with van der Waals surface area (Å²) in [5, 5.41) is 1.60. The van der Waals surface area contributed by atoms with Crippen molar-refractivity contribution in [1.82, 2.24) is 5.32 Å². The lowest BCUT2D eigenvalue weighted by Gasteiger charge is -2.15. The van der Waals surface area contributed by atoms with Crippen molar-refractivity contribution in [3.8, 4) is 0 Å². The molecule has 9 nitrogen and oxygen atoms in total. The number of amides is 1. The number of methoxy groups -OCH3 is 3. The molecule has 0 fully saturated rings. The summed E-state index contributed by atoms with van der Waals surface area (Å²) in [4.78, 5) is 56.4. The van der Waals surface area contributed by atoms with Crippen molar-refractivity contribution in [3.63, 3.8) is 0 Å². The van der Waals surface area contributed by atoms with Crippen LogP contribution in [-0.4, -0.2) is 62.1 Å². The van der Waals surface area contributed by atoms with Crippen LogP contribution < -0.4 is 5.32 Å². The lowest BCUT2D eigenvalue weighted by Crippen LogP contribution is -2.42. The molecular formula is C13H19NO8S. The predicted molar refractivity (Wildman–Crippen MR) is 79.3 cm³/mol. The van der Waals surface area contributed by atoms with Gasteiger partial charge in [-0.15, -0.1) is 0 Å². The van der Waals surface area contributed by atoms with Gasteiger partial charge in [-0.1, -0.05) is 11.8 Å². The number of thioether (sulfide) groups is 1. The molecule has 0 radical (unpaired) electrons. The summed E-state index contributed by atoms with van der Waals surface area (Å²) in [5.41, 5.74) is 0. The third-order valence-corrected chi connectivity index (χ3v) is 3.47. The highest BCUT2D eigenvalue weighted by Gasteiger charge is 2.23. The molecule has 0 saturated carbocycles. The second-order valence-electron chi connectivity index (χ2n) is 4.14. The normalized spacial score (nSPS) is 11.1. The topological polar surface area (TPSA) is 125 Å². The van der Waals surface area contributed by atoms with Gasteiger partial charge in [0.1, 0.15) is 6.04 Å². The number of hydrogen-bond acceptors (Lipinski definition) is 9. The number of nitrogens with one attached hydrogen (secondary N) is 1. The fraction of sp³-hybridized carbons (Fsp3) is 0.615. The zero-order valence-electron chi connectivity index (χ0n) is 13.1. The number of ether oxygens (including phenoxy) is 3. The second kappa shape index (κ2) is 11.5. The van der Waals surface area contributed by atoms with E-state index in [-0.39, 0.29) is 25.0 Å². The molecular weight excluding hydrogens is 330 g/mol. The van der Waals surface area contributed by atoms with Gasteiger partial charge in [-0.25, -0.2) is 9.59 Å². The van der Waals surface area contributed by atoms with Gasteiger partial charge in [0.05, 0.1) is 27.8 Å². The monoisotopic (exact) mass is 349 g/mol. The largest absolute Gasteiger partial charge is 0.469 e. The maximum atomic E-state index is 11.7. The number of esters is 3. The van der Waals surface area contributed by atoms with Crippen LogP contribution in [0, 0.1) is 0 Å². The van der Waals surface area contributed by atoms with Crippen molar-refractivity contribution >= 4 is 40.7 Å². The predicted octanol–water partition coefficient (Wildman–Crippen LogP) is -0.580. The first-order valence-corrected chi connectivity index (χ1v) is 7.53. The molecule has 1 amide bonds. The Morgan fingerprint density at radius 3 is 2.13 bits per heavy atom. The first-order chi connectivity index (χ1) is 10.8. The first kappa shape index (κ1) is 20.9. The summed E-state index contributed by atoms with van der Waals surface area (Å²) in [6.45, 7) is 0. The van der Waals surface area contributed by atoms with Gasteiger partial charge in [-0.05, 0) is 6.42 Å². The van der Waals surface area contributed by atoms with E-state index in [2.05, 4.69) is 19.5 Å². The van der Waals surface area contributed by atoms with Gasteiger partial charge in [0.2, 0.25) is 5.91 Å². The van der Waals surface area contributed by atoms with Crippen LogP contribution in [0.1, 0.15) is 19.3 Å². The molecule has 1 atom stereocenters. The zero-order valence-corrected chi connectivity index (χ0v) is 13.9. The van der Waals surface area contributed by atoms with E-state index in [0.717, 1.165) is 14.2 Å². The Hall–Kier alpha value is -2.10. The fourth-order valence-electron chi connectivity index (χ4n) is 1.39. The minimum Gasteiger partial charge on any atom is -0.469 e. The van der Waals surface area contributed by atoms with E-state index in [9.17, 15) is 24.0 Å². The third-order valence-electron chi connectivity index (χ3n) is 2.60. The second-order valence-corrected chi connectivity index (χ2v) is 5.20. The maximum Gasteiger partial charge on any atom is 0.385 e. The van der Waals surface area contributed by atoms with Crippen LogP contribution in [-0.2, 0) is 38.2 Å². The van der Waals surface area contributed by atoms with Gasteiger partial charge >= 0.3 is 17.9 Å². The van der Waals surface area contributed by atoms with Crippen molar-refractivity contribution in [2.75, 3.05) is 27.1 Å². The molecule has 10 heteroatoms. The average molecular weight is 349 g/mol. The van der Waals surface area contributed by atoms with Gasteiger partial charge < -0.3 is 19.5 Å². The van der Waals surface area contributed by atoms with Crippen molar-refractivity contribution in [2.45, 2.75) is 25.3 Å². The number of hydrogen-bond donors (Lipinski definition) is 1. The van der Waals surface area contributed by atoms with Gasteiger partial charge in [0, 0.05) is 12.2 Å². The minimum atomic E-state index is -0.994. The van der Waals surface area contributed by atoms with E-state index < -0.39 is 35.0 Å². The highest BCUT2D eigenvalue weighted by molar-refractivity contribution is 8.15. The zero-order chi connectivity index (χ0) is 17.8. The third kappa shape index (κ3) is 8.81. The van der Waals surface area contributed by atoms with E-state index in [1.807, 2.05) is 0 Å². The standard InChI is InChI=1S/C13H19NO8S/c1-20-10(16)5-4-9(15)14-8(11(17)21-2)6-7-23-13(19)12(18)22-3/h8H,4-7H2,1-3H3,(H,14,15). The van der Waals surface area contributed by atoms with Crippen LogP contribution in [0.25, 0.3) is 0 Å². The summed E-state index contributed by atoms with van der Waals surface area (Å²) in [5.74, 6) is -2.66. The number of carbonyl (C=O) groups excluding carboxylic acids is 5. The van der Waals surface area contributed by atoms with Crippen LogP contribution >= 0.6 is 11.8 Å². The molecule has 1 N–H and O–H groups in total. The van der Waals surface area contributed by atoms with Gasteiger partial charge in [-0.2, -0.15) is 0 Å². The molecule has 0 aromatic heterocycles. The quantitative estimate of drug-likeness (QED) is 0.348. The Bertz CT molecular complexity index is 465. The SMILES string of the molecule is COC(=O)CCC(=O)NC(CCSC(=O)C(=O)OC)C(=O)OC. The van der Waals surface area contributed by atoms with Crippen molar-refractivity contribution < 1.29 is 38.2 Å². The summed E-state index contributed by atoms with van der Waals surface area (Å²) in [6, 6.07) is -0.983. The van der Waals surface area contributed by atoms with E-state index in [1.165, 1.54) is 7.11 Å². The number of carbonyl (C=O) groups is 5. The van der Waals surface area contributed by atoms with E-state index in [1.54, 1.807) is 0 Å². The maximum absolute atomic E-state index is 11.7. The Morgan fingerprint density at radius 2 is 1.61 bits per heavy atom. The first-order valence-electron chi connectivity index (χ1n) is 6.54. The van der Waals surface area contributed by atoms with Crippen LogP contribution in [0.3, 0.4) is 0 Å². The van der Waals surface area contributed by atoms with Gasteiger partial charge in [0.15, 0.2) is 0 Å². The molecule has 1 unspecified atom stereocenters. The van der Waals surface area contributed by atoms with Gasteiger partial charge in [-0.3, -0.25) is 14.4 Å². The van der Waals surface area contributed by atoms with Crippen LogP contribution in [0.5, 0.6) is 0 Å². The lowest BCUT2D eigenvalue weighted by molar-refractivity contribution is -0.147.